The topological polar surface area (TPSA) is 24.9 Å². The van der Waals surface area contributed by atoms with E-state index in [0.717, 1.165) is 12.0 Å². The van der Waals surface area contributed by atoms with Crippen molar-refractivity contribution in [1.82, 2.24) is 10.3 Å². The third-order valence-electron chi connectivity index (χ3n) is 3.04. The van der Waals surface area contributed by atoms with Gasteiger partial charge in [-0.05, 0) is 32.6 Å². The molecule has 1 atom stereocenters. The lowest BCUT2D eigenvalue weighted by atomic mass is 9.81. The van der Waals surface area contributed by atoms with E-state index in [0.29, 0.717) is 6.04 Å². The van der Waals surface area contributed by atoms with E-state index in [1.807, 2.05) is 5.51 Å². The second kappa shape index (κ2) is 3.99. The first-order valence-electron chi connectivity index (χ1n) is 5.33. The zero-order valence-corrected chi connectivity index (χ0v) is 9.90. The van der Waals surface area contributed by atoms with Crippen LogP contribution in [0, 0.1) is 12.8 Å². The minimum atomic E-state index is 0.472. The lowest BCUT2D eigenvalue weighted by Crippen LogP contribution is -2.41. The predicted molar refractivity (Wildman–Crippen MR) is 60.6 cm³/mol. The van der Waals surface area contributed by atoms with Gasteiger partial charge in [0.1, 0.15) is 0 Å². The summed E-state index contributed by atoms with van der Waals surface area (Å²) >= 11 is 1.76. The maximum atomic E-state index is 4.28. The Morgan fingerprint density at radius 2 is 2.29 bits per heavy atom. The van der Waals surface area contributed by atoms with Crippen LogP contribution in [0.25, 0.3) is 0 Å². The van der Waals surface area contributed by atoms with E-state index in [1.54, 1.807) is 11.3 Å². The van der Waals surface area contributed by atoms with Gasteiger partial charge in [-0.25, -0.2) is 4.98 Å². The van der Waals surface area contributed by atoms with Gasteiger partial charge < -0.3 is 5.32 Å². The number of nitrogens with one attached hydrogen (secondary N) is 1. The van der Waals surface area contributed by atoms with Crippen molar-refractivity contribution in [2.45, 2.75) is 45.7 Å². The Morgan fingerprint density at radius 1 is 1.57 bits per heavy atom. The molecule has 1 aromatic rings. The number of rotatable bonds is 3. The van der Waals surface area contributed by atoms with Gasteiger partial charge >= 0.3 is 0 Å². The van der Waals surface area contributed by atoms with Crippen molar-refractivity contribution in [3.63, 3.8) is 0 Å². The second-order valence-corrected chi connectivity index (χ2v) is 5.35. The molecule has 0 aliphatic heterocycles. The van der Waals surface area contributed by atoms with E-state index in [1.165, 1.54) is 23.4 Å². The van der Waals surface area contributed by atoms with Crippen LogP contribution in [0.5, 0.6) is 0 Å². The SMILES string of the molecule is Cc1ncsc1C(C)NC1CC(C)C1. The molecule has 1 aliphatic rings. The monoisotopic (exact) mass is 210 g/mol. The molecular weight excluding hydrogens is 192 g/mol. The first kappa shape index (κ1) is 10.1. The lowest BCUT2D eigenvalue weighted by Gasteiger charge is -2.35. The van der Waals surface area contributed by atoms with Gasteiger partial charge in [0, 0.05) is 17.0 Å². The normalized spacial score (nSPS) is 28.5. The van der Waals surface area contributed by atoms with Crippen LogP contribution in [0.2, 0.25) is 0 Å². The summed E-state index contributed by atoms with van der Waals surface area (Å²) in [4.78, 5) is 5.68. The quantitative estimate of drug-likeness (QED) is 0.829. The average Bonchev–Trinajstić information content (AvgIpc) is 2.48. The molecule has 1 unspecified atom stereocenters. The Bertz CT molecular complexity index is 302. The van der Waals surface area contributed by atoms with Crippen molar-refractivity contribution in [2.75, 3.05) is 0 Å². The molecule has 0 radical (unpaired) electrons. The maximum Gasteiger partial charge on any atom is 0.0798 e. The molecular formula is C11H18N2S. The van der Waals surface area contributed by atoms with Crippen LogP contribution in [0.15, 0.2) is 5.51 Å². The molecule has 1 N–H and O–H groups in total. The molecule has 1 heterocycles. The summed E-state index contributed by atoms with van der Waals surface area (Å²) in [5, 5.41) is 3.66. The smallest absolute Gasteiger partial charge is 0.0798 e. The third kappa shape index (κ3) is 1.98. The van der Waals surface area contributed by atoms with Crippen LogP contribution >= 0.6 is 11.3 Å². The van der Waals surface area contributed by atoms with Crippen molar-refractivity contribution in [2.24, 2.45) is 5.92 Å². The van der Waals surface area contributed by atoms with E-state index < -0.39 is 0 Å². The zero-order chi connectivity index (χ0) is 10.1. The van der Waals surface area contributed by atoms with Crippen molar-refractivity contribution < 1.29 is 0 Å². The summed E-state index contributed by atoms with van der Waals surface area (Å²) in [7, 11) is 0. The summed E-state index contributed by atoms with van der Waals surface area (Å²) < 4.78 is 0. The van der Waals surface area contributed by atoms with Gasteiger partial charge in [0.15, 0.2) is 0 Å². The summed E-state index contributed by atoms with van der Waals surface area (Å²) in [6.45, 7) is 6.65. The maximum absolute atomic E-state index is 4.28. The molecule has 2 rings (SSSR count). The summed E-state index contributed by atoms with van der Waals surface area (Å²) in [5.41, 5.74) is 3.12. The van der Waals surface area contributed by atoms with Crippen LogP contribution < -0.4 is 5.32 Å². The fourth-order valence-electron chi connectivity index (χ4n) is 2.19. The van der Waals surface area contributed by atoms with Gasteiger partial charge in [0.25, 0.3) is 0 Å². The summed E-state index contributed by atoms with van der Waals surface area (Å²) in [6, 6.07) is 1.21. The van der Waals surface area contributed by atoms with Crippen molar-refractivity contribution in [3.8, 4) is 0 Å². The average molecular weight is 210 g/mol. The van der Waals surface area contributed by atoms with E-state index in [-0.39, 0.29) is 0 Å². The molecule has 78 valence electrons. The van der Waals surface area contributed by atoms with Crippen molar-refractivity contribution in [3.05, 3.63) is 16.1 Å². The van der Waals surface area contributed by atoms with Gasteiger partial charge in [-0.15, -0.1) is 11.3 Å². The molecule has 0 saturated heterocycles. The highest BCUT2D eigenvalue weighted by Gasteiger charge is 2.27. The van der Waals surface area contributed by atoms with Crippen molar-refractivity contribution >= 4 is 11.3 Å². The van der Waals surface area contributed by atoms with E-state index >= 15 is 0 Å². The molecule has 0 spiro atoms. The van der Waals surface area contributed by atoms with Gasteiger partial charge in [-0.1, -0.05) is 6.92 Å². The molecule has 3 heteroatoms. The molecule has 1 aromatic heterocycles. The molecule has 0 aromatic carbocycles. The van der Waals surface area contributed by atoms with E-state index in [4.69, 9.17) is 0 Å². The van der Waals surface area contributed by atoms with Crippen LogP contribution in [-0.4, -0.2) is 11.0 Å². The Kier molecular flexibility index (Phi) is 2.88. The lowest BCUT2D eigenvalue weighted by molar-refractivity contribution is 0.227. The molecule has 1 saturated carbocycles. The van der Waals surface area contributed by atoms with Gasteiger partial charge in [0.05, 0.1) is 11.2 Å². The molecule has 14 heavy (non-hydrogen) atoms. The molecule has 1 aliphatic carbocycles. The Hall–Kier alpha value is -0.410. The highest BCUT2D eigenvalue weighted by atomic mass is 32.1. The Morgan fingerprint density at radius 3 is 2.79 bits per heavy atom. The van der Waals surface area contributed by atoms with Crippen LogP contribution in [0.1, 0.15) is 43.3 Å². The predicted octanol–water partition coefficient (Wildman–Crippen LogP) is 2.90. The molecule has 0 amide bonds. The van der Waals surface area contributed by atoms with E-state index in [9.17, 15) is 0 Å². The number of aryl methyl sites for hydroxylation is 1. The second-order valence-electron chi connectivity index (χ2n) is 4.46. The van der Waals surface area contributed by atoms with Gasteiger partial charge in [0.2, 0.25) is 0 Å². The van der Waals surface area contributed by atoms with Crippen LogP contribution in [0.4, 0.5) is 0 Å². The first-order valence-corrected chi connectivity index (χ1v) is 6.21. The standard InChI is InChI=1S/C11H18N2S/c1-7-4-10(5-7)13-9(3)11-8(2)12-6-14-11/h6-7,9-10,13H,4-5H2,1-3H3. The molecule has 1 fully saturated rings. The minimum Gasteiger partial charge on any atom is -0.307 e. The zero-order valence-electron chi connectivity index (χ0n) is 9.08. The third-order valence-corrected chi connectivity index (χ3v) is 4.15. The Balaban J connectivity index is 1.90. The molecule has 2 nitrogen and oxygen atoms in total. The number of aromatic nitrogens is 1. The summed E-state index contributed by atoms with van der Waals surface area (Å²) in [6.07, 6.45) is 2.67. The van der Waals surface area contributed by atoms with Crippen molar-refractivity contribution in [1.29, 1.82) is 0 Å². The number of hydrogen-bond acceptors (Lipinski definition) is 3. The van der Waals surface area contributed by atoms with Crippen LogP contribution in [-0.2, 0) is 0 Å². The fourth-order valence-corrected chi connectivity index (χ4v) is 3.01. The minimum absolute atomic E-state index is 0.472. The Labute approximate surface area is 89.8 Å². The summed E-state index contributed by atoms with van der Waals surface area (Å²) in [5.74, 6) is 0.919. The first-order chi connectivity index (χ1) is 6.66. The number of nitrogens with zero attached hydrogens (tertiary/aromatic N) is 1. The molecule has 0 bridgehead atoms. The van der Waals surface area contributed by atoms with Crippen LogP contribution in [0.3, 0.4) is 0 Å². The number of thiazole rings is 1. The fraction of sp³-hybridized carbons (Fsp3) is 0.727. The van der Waals surface area contributed by atoms with Gasteiger partial charge in [-0.2, -0.15) is 0 Å². The highest BCUT2D eigenvalue weighted by Crippen LogP contribution is 2.30. The number of hydrogen-bond donors (Lipinski definition) is 1. The largest absolute Gasteiger partial charge is 0.307 e. The van der Waals surface area contributed by atoms with Gasteiger partial charge in [-0.3, -0.25) is 0 Å². The highest BCUT2D eigenvalue weighted by molar-refractivity contribution is 7.09. The van der Waals surface area contributed by atoms with E-state index in [2.05, 4.69) is 31.1 Å².